The molecule has 5 heteroatoms. The summed E-state index contributed by atoms with van der Waals surface area (Å²) in [5.41, 5.74) is 1.70. The fraction of sp³-hybridized carbons (Fsp3) is 0. The number of benzene rings is 2. The Kier molecular flexibility index (Phi) is 3.59. The molecule has 0 spiro atoms. The van der Waals surface area contributed by atoms with E-state index in [4.69, 9.17) is 0 Å². The summed E-state index contributed by atoms with van der Waals surface area (Å²) in [5, 5.41) is 5.00. The molecule has 1 amide bonds. The van der Waals surface area contributed by atoms with E-state index in [9.17, 15) is 4.79 Å². The molecular weight excluding hydrogens is 372 g/mol. The second kappa shape index (κ2) is 5.76. The van der Waals surface area contributed by atoms with E-state index in [0.717, 1.165) is 31.3 Å². The Morgan fingerprint density at radius 2 is 1.78 bits per heavy atom. The molecule has 0 aliphatic rings. The lowest BCUT2D eigenvalue weighted by molar-refractivity contribution is 0.103. The molecule has 112 valence electrons. The molecule has 2 aromatic carbocycles. The lowest BCUT2D eigenvalue weighted by atomic mass is 10.2. The monoisotopic (exact) mass is 382 g/mol. The van der Waals surface area contributed by atoms with Gasteiger partial charge in [-0.25, -0.2) is 4.98 Å². The molecule has 23 heavy (non-hydrogen) atoms. The van der Waals surface area contributed by atoms with E-state index < -0.39 is 0 Å². The Balaban J connectivity index is 1.72. The Bertz CT molecular complexity index is 989. The maximum atomic E-state index is 12.5. The third kappa shape index (κ3) is 2.73. The number of carbonyl (C=O) groups is 1. The minimum absolute atomic E-state index is 0.121. The third-order valence-corrected chi connectivity index (χ3v) is 5.29. The van der Waals surface area contributed by atoms with Gasteiger partial charge in [0.2, 0.25) is 0 Å². The summed E-state index contributed by atoms with van der Waals surface area (Å²) in [7, 11) is 0. The van der Waals surface area contributed by atoms with Crippen LogP contribution in [-0.2, 0) is 0 Å². The minimum Gasteiger partial charge on any atom is -0.320 e. The van der Waals surface area contributed by atoms with Crippen LogP contribution < -0.4 is 5.32 Å². The van der Waals surface area contributed by atoms with E-state index in [-0.39, 0.29) is 5.91 Å². The molecule has 4 rings (SSSR count). The van der Waals surface area contributed by atoms with E-state index in [1.165, 1.54) is 11.3 Å². The first-order valence-corrected chi connectivity index (χ1v) is 8.67. The number of rotatable bonds is 2. The van der Waals surface area contributed by atoms with Gasteiger partial charge in [0.05, 0.1) is 16.1 Å². The number of thiophene rings is 1. The SMILES string of the molecule is O=C(Nc1ccccc1Br)c1cc2cc3ccccc3nc2s1. The molecule has 1 N–H and O–H groups in total. The van der Waals surface area contributed by atoms with Gasteiger partial charge in [-0.05, 0) is 46.3 Å². The van der Waals surface area contributed by atoms with E-state index >= 15 is 0 Å². The molecular formula is C18H11BrN2OS. The molecule has 2 aromatic heterocycles. The smallest absolute Gasteiger partial charge is 0.265 e. The summed E-state index contributed by atoms with van der Waals surface area (Å²) in [4.78, 5) is 18.6. The first kappa shape index (κ1) is 14.4. The van der Waals surface area contributed by atoms with Crippen LogP contribution in [0.3, 0.4) is 0 Å². The molecule has 0 radical (unpaired) electrons. The summed E-state index contributed by atoms with van der Waals surface area (Å²) in [6, 6.07) is 19.5. The van der Waals surface area contributed by atoms with E-state index in [0.29, 0.717) is 4.88 Å². The molecule has 0 aliphatic carbocycles. The van der Waals surface area contributed by atoms with Gasteiger partial charge in [-0.1, -0.05) is 30.3 Å². The number of nitrogens with one attached hydrogen (secondary N) is 1. The highest BCUT2D eigenvalue weighted by atomic mass is 79.9. The van der Waals surface area contributed by atoms with E-state index in [1.54, 1.807) is 0 Å². The van der Waals surface area contributed by atoms with E-state index in [1.807, 2.05) is 54.6 Å². The van der Waals surface area contributed by atoms with Crippen molar-refractivity contribution in [1.29, 1.82) is 0 Å². The van der Waals surface area contributed by atoms with Gasteiger partial charge in [-0.3, -0.25) is 4.79 Å². The number of amides is 1. The van der Waals surface area contributed by atoms with Crippen molar-refractivity contribution in [1.82, 2.24) is 4.98 Å². The highest BCUT2D eigenvalue weighted by molar-refractivity contribution is 9.10. The Morgan fingerprint density at radius 1 is 1.00 bits per heavy atom. The molecule has 2 heterocycles. The summed E-state index contributed by atoms with van der Waals surface area (Å²) in [5.74, 6) is -0.121. The van der Waals surface area contributed by atoms with Crippen LogP contribution in [0.4, 0.5) is 5.69 Å². The zero-order valence-corrected chi connectivity index (χ0v) is 14.3. The number of hydrogen-bond donors (Lipinski definition) is 1. The fourth-order valence-corrected chi connectivity index (χ4v) is 3.73. The van der Waals surface area contributed by atoms with Crippen LogP contribution in [0.15, 0.2) is 65.1 Å². The number of para-hydroxylation sites is 2. The van der Waals surface area contributed by atoms with Gasteiger partial charge in [0.25, 0.3) is 5.91 Å². The standard InChI is InChI=1S/C18H11BrN2OS/c19-13-6-2-4-8-15(13)20-17(22)16-10-12-9-11-5-1-3-7-14(11)21-18(12)23-16/h1-10H,(H,20,22). The number of anilines is 1. The predicted octanol–water partition coefficient (Wildman–Crippen LogP) is 5.46. The van der Waals surface area contributed by atoms with Crippen molar-refractivity contribution in [2.45, 2.75) is 0 Å². The minimum atomic E-state index is -0.121. The maximum absolute atomic E-state index is 12.5. The molecule has 0 unspecified atom stereocenters. The number of pyridine rings is 1. The number of carbonyl (C=O) groups excluding carboxylic acids is 1. The van der Waals surface area contributed by atoms with Crippen LogP contribution in [0.5, 0.6) is 0 Å². The summed E-state index contributed by atoms with van der Waals surface area (Å²) in [6.07, 6.45) is 0. The van der Waals surface area contributed by atoms with Crippen molar-refractivity contribution in [3.05, 3.63) is 70.0 Å². The summed E-state index contributed by atoms with van der Waals surface area (Å²) < 4.78 is 0.860. The fourth-order valence-electron chi connectivity index (χ4n) is 2.43. The Hall–Kier alpha value is -2.24. The summed E-state index contributed by atoms with van der Waals surface area (Å²) >= 11 is 4.84. The topological polar surface area (TPSA) is 42.0 Å². The molecule has 0 saturated carbocycles. The number of hydrogen-bond acceptors (Lipinski definition) is 3. The van der Waals surface area contributed by atoms with Crippen molar-refractivity contribution >= 4 is 60.0 Å². The van der Waals surface area contributed by atoms with Crippen molar-refractivity contribution in [3.8, 4) is 0 Å². The van der Waals surface area contributed by atoms with Gasteiger partial charge in [0.1, 0.15) is 4.83 Å². The number of nitrogens with zero attached hydrogens (tertiary/aromatic N) is 1. The Morgan fingerprint density at radius 3 is 2.65 bits per heavy atom. The first-order valence-electron chi connectivity index (χ1n) is 7.06. The maximum Gasteiger partial charge on any atom is 0.265 e. The predicted molar refractivity (Wildman–Crippen MR) is 99.2 cm³/mol. The van der Waals surface area contributed by atoms with Gasteiger partial charge in [0, 0.05) is 15.2 Å². The number of halogens is 1. The van der Waals surface area contributed by atoms with Gasteiger partial charge < -0.3 is 5.32 Å². The first-order chi connectivity index (χ1) is 11.2. The van der Waals surface area contributed by atoms with Crippen molar-refractivity contribution < 1.29 is 4.79 Å². The van der Waals surface area contributed by atoms with Crippen molar-refractivity contribution in [2.24, 2.45) is 0 Å². The quantitative estimate of drug-likeness (QED) is 0.499. The highest BCUT2D eigenvalue weighted by Gasteiger charge is 2.13. The lowest BCUT2D eigenvalue weighted by Gasteiger charge is -2.05. The molecule has 4 aromatic rings. The number of aromatic nitrogens is 1. The van der Waals surface area contributed by atoms with Crippen LogP contribution in [-0.4, -0.2) is 10.9 Å². The van der Waals surface area contributed by atoms with Crippen LogP contribution in [0.1, 0.15) is 9.67 Å². The summed E-state index contributed by atoms with van der Waals surface area (Å²) in [6.45, 7) is 0. The molecule has 0 fully saturated rings. The molecule has 0 saturated heterocycles. The van der Waals surface area contributed by atoms with Gasteiger partial charge in [-0.15, -0.1) is 11.3 Å². The van der Waals surface area contributed by atoms with Crippen molar-refractivity contribution in [3.63, 3.8) is 0 Å². The average Bonchev–Trinajstić information content (AvgIpc) is 2.97. The van der Waals surface area contributed by atoms with Crippen LogP contribution in [0.2, 0.25) is 0 Å². The van der Waals surface area contributed by atoms with Crippen LogP contribution in [0, 0.1) is 0 Å². The third-order valence-electron chi connectivity index (χ3n) is 3.56. The molecule has 0 atom stereocenters. The second-order valence-corrected chi connectivity index (χ2v) is 7.01. The molecule has 0 bridgehead atoms. The van der Waals surface area contributed by atoms with Crippen molar-refractivity contribution in [2.75, 3.05) is 5.32 Å². The van der Waals surface area contributed by atoms with Crippen LogP contribution >= 0.6 is 27.3 Å². The zero-order valence-electron chi connectivity index (χ0n) is 11.9. The van der Waals surface area contributed by atoms with Crippen LogP contribution in [0.25, 0.3) is 21.1 Å². The lowest BCUT2D eigenvalue weighted by Crippen LogP contribution is -2.10. The number of fused-ring (bicyclic) bond motifs is 2. The normalized spacial score (nSPS) is 11.0. The van der Waals surface area contributed by atoms with E-state index in [2.05, 4.69) is 32.3 Å². The Labute approximate surface area is 145 Å². The second-order valence-electron chi connectivity index (χ2n) is 5.12. The van der Waals surface area contributed by atoms with Gasteiger partial charge >= 0.3 is 0 Å². The largest absolute Gasteiger partial charge is 0.320 e. The zero-order chi connectivity index (χ0) is 15.8. The highest BCUT2D eigenvalue weighted by Crippen LogP contribution is 2.29. The van der Waals surface area contributed by atoms with Gasteiger partial charge in [-0.2, -0.15) is 0 Å². The average molecular weight is 383 g/mol. The molecule has 3 nitrogen and oxygen atoms in total. The molecule has 0 aliphatic heterocycles. The van der Waals surface area contributed by atoms with Gasteiger partial charge in [0.15, 0.2) is 0 Å².